The van der Waals surface area contributed by atoms with Crippen molar-refractivity contribution in [3.63, 3.8) is 0 Å². The number of hydrogen-bond acceptors (Lipinski definition) is 4. The first-order chi connectivity index (χ1) is 16.8. The minimum absolute atomic E-state index is 0.0407. The molecule has 0 saturated heterocycles. The predicted molar refractivity (Wildman–Crippen MR) is 137 cm³/mol. The minimum Gasteiger partial charge on any atom is -0.354 e. The number of carbonyl (C=O) groups is 2. The molecule has 0 radical (unpaired) electrons. The molecule has 36 heavy (non-hydrogen) atoms. The summed E-state index contributed by atoms with van der Waals surface area (Å²) >= 11 is 6.08. The number of nitrogens with zero attached hydrogens (tertiary/aromatic N) is 2. The Morgan fingerprint density at radius 1 is 1.06 bits per heavy atom. The molecular weight excluding hydrogens is 512 g/mol. The number of halogens is 3. The first kappa shape index (κ1) is 29.5. The van der Waals surface area contributed by atoms with Crippen molar-refractivity contribution in [1.29, 1.82) is 0 Å². The maximum Gasteiger partial charge on any atom is 0.242 e. The maximum atomic E-state index is 13.7. The van der Waals surface area contributed by atoms with E-state index in [-0.39, 0.29) is 49.4 Å². The average Bonchev–Trinajstić information content (AvgIpc) is 2.79. The second-order valence-electron chi connectivity index (χ2n) is 9.00. The van der Waals surface area contributed by atoms with Gasteiger partial charge in [0, 0.05) is 37.1 Å². The van der Waals surface area contributed by atoms with E-state index in [1.165, 1.54) is 4.90 Å². The van der Waals surface area contributed by atoms with E-state index >= 15 is 0 Å². The molecule has 2 aromatic rings. The van der Waals surface area contributed by atoms with E-state index < -0.39 is 27.7 Å². The quantitative estimate of drug-likeness (QED) is 0.431. The van der Waals surface area contributed by atoms with Crippen molar-refractivity contribution in [1.82, 2.24) is 10.2 Å². The van der Waals surface area contributed by atoms with E-state index in [1.54, 1.807) is 31.2 Å². The first-order valence-electron chi connectivity index (χ1n) is 11.5. The van der Waals surface area contributed by atoms with Crippen LogP contribution in [0.5, 0.6) is 0 Å². The topological polar surface area (TPSA) is 86.8 Å². The van der Waals surface area contributed by atoms with E-state index in [0.29, 0.717) is 11.6 Å². The average molecular weight is 544 g/mol. The third kappa shape index (κ3) is 8.74. The molecule has 7 nitrogen and oxygen atoms in total. The molecule has 0 aliphatic carbocycles. The smallest absolute Gasteiger partial charge is 0.242 e. The Morgan fingerprint density at radius 3 is 2.33 bits per heavy atom. The Morgan fingerprint density at radius 2 is 1.75 bits per heavy atom. The van der Waals surface area contributed by atoms with Crippen LogP contribution in [0, 0.1) is 17.6 Å². The molecule has 0 saturated carbocycles. The molecule has 1 atom stereocenters. The van der Waals surface area contributed by atoms with Crippen molar-refractivity contribution in [3.05, 3.63) is 64.7 Å². The number of nitrogens with one attached hydrogen (secondary N) is 1. The van der Waals surface area contributed by atoms with Crippen LogP contribution in [0.2, 0.25) is 5.02 Å². The second kappa shape index (κ2) is 13.0. The third-order valence-electron chi connectivity index (χ3n) is 5.44. The molecule has 0 spiro atoms. The molecule has 1 unspecified atom stereocenters. The molecule has 2 amide bonds. The van der Waals surface area contributed by atoms with E-state index in [0.717, 1.165) is 34.3 Å². The van der Waals surface area contributed by atoms with Crippen molar-refractivity contribution in [2.75, 3.05) is 23.7 Å². The van der Waals surface area contributed by atoms with E-state index in [9.17, 15) is 26.8 Å². The molecule has 11 heteroatoms. The van der Waals surface area contributed by atoms with Gasteiger partial charge in [0.15, 0.2) is 11.6 Å². The van der Waals surface area contributed by atoms with Crippen LogP contribution in [0.3, 0.4) is 0 Å². The summed E-state index contributed by atoms with van der Waals surface area (Å²) in [4.78, 5) is 27.4. The van der Waals surface area contributed by atoms with Gasteiger partial charge in [0.25, 0.3) is 0 Å². The lowest BCUT2D eigenvalue weighted by molar-refractivity contribution is -0.140. The summed E-state index contributed by atoms with van der Waals surface area (Å²) in [6.07, 6.45) is 0.970. The molecule has 0 aromatic heterocycles. The normalized spacial score (nSPS) is 12.3. The number of benzene rings is 2. The Hall–Kier alpha value is -2.72. The van der Waals surface area contributed by atoms with Crippen molar-refractivity contribution in [2.45, 2.75) is 46.2 Å². The van der Waals surface area contributed by atoms with Gasteiger partial charge < -0.3 is 10.2 Å². The highest BCUT2D eigenvalue weighted by atomic mass is 35.5. The van der Waals surface area contributed by atoms with Crippen molar-refractivity contribution in [2.24, 2.45) is 5.92 Å². The number of hydrogen-bond donors (Lipinski definition) is 1. The second-order valence-corrected chi connectivity index (χ2v) is 11.3. The van der Waals surface area contributed by atoms with Crippen LogP contribution in [-0.2, 0) is 26.2 Å². The number of rotatable bonds is 12. The van der Waals surface area contributed by atoms with Gasteiger partial charge in [-0.15, -0.1) is 0 Å². The van der Waals surface area contributed by atoms with Crippen LogP contribution >= 0.6 is 11.6 Å². The van der Waals surface area contributed by atoms with Gasteiger partial charge in [0.2, 0.25) is 21.8 Å². The molecule has 2 aromatic carbocycles. The van der Waals surface area contributed by atoms with E-state index in [4.69, 9.17) is 11.6 Å². The SMILES string of the molecule is CC(C)CNC(=O)C(C)N(Cc1cccc(Cl)c1)C(=O)CCCN(c1ccc(F)c(F)c1)S(C)(=O)=O. The predicted octanol–water partition coefficient (Wildman–Crippen LogP) is 4.35. The van der Waals surface area contributed by atoms with Crippen molar-refractivity contribution < 1.29 is 26.8 Å². The molecule has 0 bridgehead atoms. The standard InChI is InChI=1S/C25H32ClF2N3O4S/c1-17(2)15-29-25(33)18(3)30(16-19-7-5-8-20(26)13-19)24(32)9-6-12-31(36(4,34)35)21-10-11-22(27)23(28)14-21/h5,7-8,10-11,13-14,17-18H,6,9,12,15-16H2,1-4H3,(H,29,33). The van der Waals surface area contributed by atoms with Crippen LogP contribution in [0.25, 0.3) is 0 Å². The van der Waals surface area contributed by atoms with Crippen LogP contribution < -0.4 is 9.62 Å². The monoisotopic (exact) mass is 543 g/mol. The van der Waals surface area contributed by atoms with Crippen LogP contribution in [0.4, 0.5) is 14.5 Å². The highest BCUT2D eigenvalue weighted by Gasteiger charge is 2.27. The highest BCUT2D eigenvalue weighted by Crippen LogP contribution is 2.22. The summed E-state index contributed by atoms with van der Waals surface area (Å²) in [5, 5.41) is 3.32. The lowest BCUT2D eigenvalue weighted by atomic mass is 10.1. The van der Waals surface area contributed by atoms with Gasteiger partial charge in [-0.25, -0.2) is 17.2 Å². The van der Waals surface area contributed by atoms with Crippen molar-refractivity contribution >= 4 is 39.1 Å². The van der Waals surface area contributed by atoms with Gasteiger partial charge in [-0.1, -0.05) is 37.6 Å². The Labute approximate surface area is 216 Å². The molecule has 198 valence electrons. The molecular formula is C25H32ClF2N3O4S. The number of amides is 2. The zero-order chi connectivity index (χ0) is 27.0. The van der Waals surface area contributed by atoms with E-state index in [2.05, 4.69) is 5.32 Å². The first-order valence-corrected chi connectivity index (χ1v) is 13.8. The third-order valence-corrected chi connectivity index (χ3v) is 6.87. The molecule has 1 N–H and O–H groups in total. The zero-order valence-electron chi connectivity index (χ0n) is 20.8. The number of carbonyl (C=O) groups excluding carboxylic acids is 2. The largest absolute Gasteiger partial charge is 0.354 e. The minimum atomic E-state index is -3.82. The Kier molecular flexibility index (Phi) is 10.7. The maximum absolute atomic E-state index is 13.7. The fraction of sp³-hybridized carbons (Fsp3) is 0.440. The van der Waals surface area contributed by atoms with Gasteiger partial charge in [-0.3, -0.25) is 13.9 Å². The molecule has 0 aliphatic heterocycles. The van der Waals surface area contributed by atoms with E-state index in [1.807, 2.05) is 13.8 Å². The molecule has 0 aliphatic rings. The summed E-state index contributed by atoms with van der Waals surface area (Å²) in [7, 11) is -3.82. The van der Waals surface area contributed by atoms with Gasteiger partial charge in [-0.2, -0.15) is 0 Å². The summed E-state index contributed by atoms with van der Waals surface area (Å²) in [6.45, 7) is 6.01. The fourth-order valence-corrected chi connectivity index (χ4v) is 4.68. The summed E-state index contributed by atoms with van der Waals surface area (Å²) in [6, 6.07) is 8.96. The van der Waals surface area contributed by atoms with Gasteiger partial charge >= 0.3 is 0 Å². The lowest BCUT2D eigenvalue weighted by Crippen LogP contribution is -2.48. The van der Waals surface area contributed by atoms with Crippen LogP contribution in [-0.4, -0.2) is 50.5 Å². The number of sulfonamides is 1. The summed E-state index contributed by atoms with van der Waals surface area (Å²) in [5.74, 6) is -2.70. The molecule has 0 heterocycles. The highest BCUT2D eigenvalue weighted by molar-refractivity contribution is 7.92. The van der Waals surface area contributed by atoms with Crippen LogP contribution in [0.1, 0.15) is 39.2 Å². The Balaban J connectivity index is 2.18. The molecule has 2 rings (SSSR count). The lowest BCUT2D eigenvalue weighted by Gasteiger charge is -2.29. The summed E-state index contributed by atoms with van der Waals surface area (Å²) < 4.78 is 52.5. The van der Waals surface area contributed by atoms with Crippen LogP contribution in [0.15, 0.2) is 42.5 Å². The van der Waals surface area contributed by atoms with Gasteiger partial charge in [0.05, 0.1) is 11.9 Å². The fourth-order valence-electron chi connectivity index (χ4n) is 3.51. The van der Waals surface area contributed by atoms with Gasteiger partial charge in [0.1, 0.15) is 6.04 Å². The Bertz CT molecular complexity index is 1180. The van der Waals surface area contributed by atoms with Gasteiger partial charge in [-0.05, 0) is 49.1 Å². The molecule has 0 fully saturated rings. The zero-order valence-corrected chi connectivity index (χ0v) is 22.4. The summed E-state index contributed by atoms with van der Waals surface area (Å²) in [5.41, 5.74) is 0.694. The number of anilines is 1. The van der Waals surface area contributed by atoms with Crippen molar-refractivity contribution in [3.8, 4) is 0 Å².